The van der Waals surface area contributed by atoms with Crippen molar-refractivity contribution in [2.75, 3.05) is 31.1 Å². The molecule has 3 aromatic rings. The molecule has 8 heteroatoms. The lowest BCUT2D eigenvalue weighted by atomic mass is 10.1. The number of carbonyl (C=O) groups is 1. The minimum absolute atomic E-state index is 0.00645. The fourth-order valence-corrected chi connectivity index (χ4v) is 4.11. The number of hydrogen-bond donors (Lipinski definition) is 0. The summed E-state index contributed by atoms with van der Waals surface area (Å²) in [6.07, 6.45) is 2.36. The van der Waals surface area contributed by atoms with E-state index in [-0.39, 0.29) is 11.6 Å². The quantitative estimate of drug-likeness (QED) is 0.484. The molecule has 0 radical (unpaired) electrons. The van der Waals surface area contributed by atoms with Gasteiger partial charge in [-0.2, -0.15) is 0 Å². The molecular formula is C21H21ClN4O3. The highest BCUT2D eigenvalue weighted by Crippen LogP contribution is 2.31. The largest absolute Gasteiger partial charge is 0.362 e. The van der Waals surface area contributed by atoms with Crippen molar-refractivity contribution in [3.05, 3.63) is 69.4 Å². The molecule has 4 rings (SSSR count). The summed E-state index contributed by atoms with van der Waals surface area (Å²) in [6, 6.07) is 12.7. The van der Waals surface area contributed by atoms with Gasteiger partial charge in [0.15, 0.2) is 0 Å². The second kappa shape index (κ2) is 7.75. The van der Waals surface area contributed by atoms with Crippen LogP contribution in [0.5, 0.6) is 0 Å². The molecule has 1 amide bonds. The van der Waals surface area contributed by atoms with E-state index in [4.69, 9.17) is 11.6 Å². The van der Waals surface area contributed by atoms with E-state index < -0.39 is 4.92 Å². The van der Waals surface area contributed by atoms with Crippen LogP contribution in [0.25, 0.3) is 10.9 Å². The van der Waals surface area contributed by atoms with Gasteiger partial charge in [-0.1, -0.05) is 29.8 Å². The van der Waals surface area contributed by atoms with Crippen LogP contribution >= 0.6 is 11.6 Å². The molecule has 7 nitrogen and oxygen atoms in total. The number of rotatable bonds is 4. The zero-order valence-corrected chi connectivity index (χ0v) is 16.8. The molecule has 2 aromatic carbocycles. The lowest BCUT2D eigenvalue weighted by molar-refractivity contribution is -0.384. The van der Waals surface area contributed by atoms with Gasteiger partial charge in [0.05, 0.1) is 11.3 Å². The smallest absolute Gasteiger partial charge is 0.294 e. The number of piperazine rings is 1. The van der Waals surface area contributed by atoms with E-state index in [0.717, 1.165) is 16.5 Å². The van der Waals surface area contributed by atoms with Gasteiger partial charge >= 0.3 is 0 Å². The number of nitro benzene ring substituents is 1. The Hall–Kier alpha value is -3.06. The van der Waals surface area contributed by atoms with E-state index in [0.29, 0.717) is 43.3 Å². The third-order valence-electron chi connectivity index (χ3n) is 5.43. The van der Waals surface area contributed by atoms with E-state index in [1.807, 2.05) is 51.9 Å². The summed E-state index contributed by atoms with van der Waals surface area (Å²) in [7, 11) is 1.98. The first kappa shape index (κ1) is 19.3. The zero-order valence-electron chi connectivity index (χ0n) is 16.0. The topological polar surface area (TPSA) is 71.6 Å². The van der Waals surface area contributed by atoms with Gasteiger partial charge in [0, 0.05) is 61.4 Å². The Labute approximate surface area is 173 Å². The molecule has 0 aliphatic carbocycles. The third-order valence-corrected chi connectivity index (χ3v) is 5.66. The van der Waals surface area contributed by atoms with Crippen LogP contribution in [-0.2, 0) is 18.3 Å². The first-order chi connectivity index (χ1) is 13.9. The maximum Gasteiger partial charge on any atom is 0.294 e. The molecule has 1 aliphatic rings. The summed E-state index contributed by atoms with van der Waals surface area (Å²) in [4.78, 5) is 27.6. The van der Waals surface area contributed by atoms with Gasteiger partial charge in [-0.3, -0.25) is 14.9 Å². The first-order valence-electron chi connectivity index (χ1n) is 9.43. The Morgan fingerprint density at radius 1 is 1.14 bits per heavy atom. The number of para-hydroxylation sites is 1. The van der Waals surface area contributed by atoms with Crippen molar-refractivity contribution in [3.8, 4) is 0 Å². The second-order valence-electron chi connectivity index (χ2n) is 7.22. The third kappa shape index (κ3) is 3.78. The lowest BCUT2D eigenvalue weighted by Crippen LogP contribution is -2.49. The SMILES string of the molecule is Cn1cc(CC(=O)N2CCN(c3ccc(Cl)cc3[N+](=O)[O-])CC2)c2ccccc21. The molecule has 0 bridgehead atoms. The highest BCUT2D eigenvalue weighted by atomic mass is 35.5. The molecule has 1 aromatic heterocycles. The maximum atomic E-state index is 12.9. The molecule has 0 N–H and O–H groups in total. The van der Waals surface area contributed by atoms with E-state index in [2.05, 4.69) is 0 Å². The van der Waals surface area contributed by atoms with E-state index in [9.17, 15) is 14.9 Å². The van der Waals surface area contributed by atoms with Gasteiger partial charge in [0.1, 0.15) is 5.69 Å². The Morgan fingerprint density at radius 3 is 2.59 bits per heavy atom. The summed E-state index contributed by atoms with van der Waals surface area (Å²) in [5, 5.41) is 12.8. The number of carbonyl (C=O) groups excluding carboxylic acids is 1. The van der Waals surface area contributed by atoms with Crippen LogP contribution in [0.4, 0.5) is 11.4 Å². The number of hydrogen-bond acceptors (Lipinski definition) is 4. The molecule has 0 spiro atoms. The van der Waals surface area contributed by atoms with Crippen LogP contribution in [-0.4, -0.2) is 46.5 Å². The molecule has 150 valence electrons. The Balaban J connectivity index is 1.45. The summed E-state index contributed by atoms with van der Waals surface area (Å²) in [6.45, 7) is 2.15. The van der Waals surface area contributed by atoms with E-state index >= 15 is 0 Å². The van der Waals surface area contributed by atoms with Crippen LogP contribution in [0.15, 0.2) is 48.7 Å². The zero-order chi connectivity index (χ0) is 20.5. The van der Waals surface area contributed by atoms with E-state index in [1.54, 1.807) is 12.1 Å². The maximum absolute atomic E-state index is 12.9. The molecule has 0 unspecified atom stereocenters. The van der Waals surface area contributed by atoms with Crippen molar-refractivity contribution in [1.29, 1.82) is 0 Å². The molecular weight excluding hydrogens is 392 g/mol. The molecule has 29 heavy (non-hydrogen) atoms. The monoisotopic (exact) mass is 412 g/mol. The van der Waals surface area contributed by atoms with Crippen molar-refractivity contribution < 1.29 is 9.72 Å². The number of aromatic nitrogens is 1. The fraction of sp³-hybridized carbons (Fsp3) is 0.286. The number of fused-ring (bicyclic) bond motifs is 1. The minimum atomic E-state index is -0.417. The molecule has 0 atom stereocenters. The van der Waals surface area contributed by atoms with Crippen molar-refractivity contribution >= 4 is 39.8 Å². The lowest BCUT2D eigenvalue weighted by Gasteiger charge is -2.35. The molecule has 1 aliphatic heterocycles. The predicted molar refractivity (Wildman–Crippen MR) is 114 cm³/mol. The predicted octanol–water partition coefficient (Wildman–Crippen LogP) is 3.63. The van der Waals surface area contributed by atoms with Gasteiger partial charge in [-0.05, 0) is 23.8 Å². The first-order valence-corrected chi connectivity index (χ1v) is 9.81. The van der Waals surface area contributed by atoms with Crippen LogP contribution in [0.1, 0.15) is 5.56 Å². The van der Waals surface area contributed by atoms with Gasteiger partial charge in [0.2, 0.25) is 5.91 Å². The number of halogens is 1. The highest BCUT2D eigenvalue weighted by Gasteiger charge is 2.26. The van der Waals surface area contributed by atoms with Crippen LogP contribution < -0.4 is 4.90 Å². The fourth-order valence-electron chi connectivity index (χ4n) is 3.95. The minimum Gasteiger partial charge on any atom is -0.362 e. The van der Waals surface area contributed by atoms with Crippen molar-refractivity contribution in [3.63, 3.8) is 0 Å². The summed E-state index contributed by atoms with van der Waals surface area (Å²) < 4.78 is 2.04. The van der Waals surface area contributed by atoms with Gasteiger partial charge < -0.3 is 14.4 Å². The van der Waals surface area contributed by atoms with Crippen LogP contribution in [0.3, 0.4) is 0 Å². The number of benzene rings is 2. The summed E-state index contributed by atoms with van der Waals surface area (Å²) >= 11 is 5.91. The van der Waals surface area contributed by atoms with Crippen molar-refractivity contribution in [2.24, 2.45) is 7.05 Å². The van der Waals surface area contributed by atoms with Crippen molar-refractivity contribution in [2.45, 2.75) is 6.42 Å². The number of nitro groups is 1. The number of amides is 1. The normalized spacial score (nSPS) is 14.4. The van der Waals surface area contributed by atoms with Crippen LogP contribution in [0.2, 0.25) is 5.02 Å². The number of nitrogens with zero attached hydrogens (tertiary/aromatic N) is 4. The Morgan fingerprint density at radius 2 is 1.86 bits per heavy atom. The Kier molecular flexibility index (Phi) is 5.15. The molecule has 1 fully saturated rings. The second-order valence-corrected chi connectivity index (χ2v) is 7.65. The summed E-state index contributed by atoms with van der Waals surface area (Å²) in [5.41, 5.74) is 2.66. The average Bonchev–Trinajstić information content (AvgIpc) is 3.04. The van der Waals surface area contributed by atoms with Gasteiger partial charge in [-0.25, -0.2) is 0 Å². The standard InChI is InChI=1S/C21H21ClN4O3/c1-23-14-15(17-4-2-3-5-18(17)23)12-21(27)25-10-8-24(9-11-25)19-7-6-16(22)13-20(19)26(28)29/h2-7,13-14H,8-12H2,1H3. The number of anilines is 1. The number of aryl methyl sites for hydroxylation is 1. The highest BCUT2D eigenvalue weighted by molar-refractivity contribution is 6.30. The summed E-state index contributed by atoms with van der Waals surface area (Å²) in [5.74, 6) is 0.0756. The molecule has 0 saturated carbocycles. The van der Waals surface area contributed by atoms with Crippen molar-refractivity contribution in [1.82, 2.24) is 9.47 Å². The molecule has 2 heterocycles. The van der Waals surface area contributed by atoms with Crippen LogP contribution in [0, 0.1) is 10.1 Å². The average molecular weight is 413 g/mol. The van der Waals surface area contributed by atoms with Gasteiger partial charge in [-0.15, -0.1) is 0 Å². The Bertz CT molecular complexity index is 1090. The molecule has 1 saturated heterocycles. The van der Waals surface area contributed by atoms with Gasteiger partial charge in [0.25, 0.3) is 5.69 Å². The van der Waals surface area contributed by atoms with E-state index in [1.165, 1.54) is 6.07 Å².